The van der Waals surface area contributed by atoms with E-state index in [1.54, 1.807) is 0 Å². The van der Waals surface area contributed by atoms with E-state index in [1.165, 1.54) is 19.3 Å². The molecule has 0 saturated carbocycles. The van der Waals surface area contributed by atoms with Crippen molar-refractivity contribution in [2.75, 3.05) is 0 Å². The van der Waals surface area contributed by atoms with E-state index < -0.39 is 0 Å². The first-order valence-electron chi connectivity index (χ1n) is 4.34. The highest BCUT2D eigenvalue weighted by Gasteiger charge is 2.28. The van der Waals surface area contributed by atoms with E-state index in [-0.39, 0.29) is 0 Å². The molecule has 0 spiro atoms. The van der Waals surface area contributed by atoms with Crippen molar-refractivity contribution in [3.63, 3.8) is 0 Å². The summed E-state index contributed by atoms with van der Waals surface area (Å²) in [6, 6.07) is 1.18. The Hall–Kier alpha value is -0.570. The van der Waals surface area contributed by atoms with Crippen LogP contribution >= 0.6 is 0 Å². The molecular weight excluding hydrogens is 140 g/mol. The third-order valence-corrected chi connectivity index (χ3v) is 2.68. The second-order valence-electron chi connectivity index (χ2n) is 3.57. The molecule has 0 aromatic carbocycles. The van der Waals surface area contributed by atoms with Crippen molar-refractivity contribution in [2.45, 2.75) is 44.2 Å². The van der Waals surface area contributed by atoms with E-state index in [1.807, 2.05) is 0 Å². The van der Waals surface area contributed by atoms with Crippen LogP contribution in [0.15, 0.2) is 5.16 Å². The number of rotatable bonds is 0. The Morgan fingerprint density at radius 3 is 2.45 bits per heavy atom. The Bertz CT molecular complexity index is 165. The standard InChI is InChI=1S/C8H14N2O/c11-10-8-4-6-2-1-3-7(5-8)9-6/h6-7,9,11H,1-5H2. The number of hydrogen-bond donors (Lipinski definition) is 2. The van der Waals surface area contributed by atoms with Gasteiger partial charge in [0.1, 0.15) is 0 Å². The van der Waals surface area contributed by atoms with Gasteiger partial charge in [0.2, 0.25) is 0 Å². The van der Waals surface area contributed by atoms with Gasteiger partial charge in [-0.1, -0.05) is 11.6 Å². The Morgan fingerprint density at radius 1 is 1.27 bits per heavy atom. The minimum absolute atomic E-state index is 0.591. The molecule has 2 N–H and O–H groups in total. The molecular formula is C8H14N2O. The van der Waals surface area contributed by atoms with Crippen molar-refractivity contribution < 1.29 is 5.21 Å². The Kier molecular flexibility index (Phi) is 1.82. The lowest BCUT2D eigenvalue weighted by atomic mass is 9.86. The van der Waals surface area contributed by atoms with E-state index in [4.69, 9.17) is 5.21 Å². The molecule has 0 aromatic heterocycles. The van der Waals surface area contributed by atoms with Crippen LogP contribution in [0.3, 0.4) is 0 Å². The Labute approximate surface area is 66.5 Å². The van der Waals surface area contributed by atoms with Gasteiger partial charge in [0.05, 0.1) is 5.71 Å². The summed E-state index contributed by atoms with van der Waals surface area (Å²) in [7, 11) is 0. The number of nitrogens with one attached hydrogen (secondary N) is 1. The molecule has 62 valence electrons. The molecule has 0 aliphatic carbocycles. The van der Waals surface area contributed by atoms with Crippen LogP contribution < -0.4 is 5.32 Å². The summed E-state index contributed by atoms with van der Waals surface area (Å²) in [5.74, 6) is 0. The van der Waals surface area contributed by atoms with Gasteiger partial charge in [0.15, 0.2) is 0 Å². The van der Waals surface area contributed by atoms with E-state index in [0.717, 1.165) is 18.6 Å². The van der Waals surface area contributed by atoms with Gasteiger partial charge >= 0.3 is 0 Å². The first kappa shape index (κ1) is 7.10. The predicted molar refractivity (Wildman–Crippen MR) is 43.0 cm³/mol. The SMILES string of the molecule is ON=C1CC2CCCC(C1)N2. The van der Waals surface area contributed by atoms with Crippen LogP contribution in [0.1, 0.15) is 32.1 Å². The van der Waals surface area contributed by atoms with Gasteiger partial charge in [-0.3, -0.25) is 0 Å². The molecule has 2 aliphatic heterocycles. The van der Waals surface area contributed by atoms with Crippen LogP contribution in [0.25, 0.3) is 0 Å². The van der Waals surface area contributed by atoms with E-state index in [9.17, 15) is 0 Å². The van der Waals surface area contributed by atoms with Crippen LogP contribution in [-0.2, 0) is 0 Å². The molecule has 11 heavy (non-hydrogen) atoms. The second-order valence-corrected chi connectivity index (χ2v) is 3.57. The lowest BCUT2D eigenvalue weighted by Gasteiger charge is -2.36. The zero-order chi connectivity index (χ0) is 7.68. The van der Waals surface area contributed by atoms with Crippen LogP contribution in [-0.4, -0.2) is 23.0 Å². The smallest absolute Gasteiger partial charge is 0.0601 e. The van der Waals surface area contributed by atoms with Crippen molar-refractivity contribution in [3.05, 3.63) is 0 Å². The first-order valence-corrected chi connectivity index (χ1v) is 4.34. The number of hydrogen-bond acceptors (Lipinski definition) is 3. The summed E-state index contributed by atoms with van der Waals surface area (Å²) >= 11 is 0. The number of piperidine rings is 2. The molecule has 2 rings (SSSR count). The molecule has 2 unspecified atom stereocenters. The lowest BCUT2D eigenvalue weighted by Crippen LogP contribution is -2.48. The minimum Gasteiger partial charge on any atom is -0.411 e. The first-order chi connectivity index (χ1) is 5.38. The van der Waals surface area contributed by atoms with Crippen molar-refractivity contribution in [1.82, 2.24) is 5.32 Å². The fourth-order valence-corrected chi connectivity index (χ4v) is 2.17. The molecule has 0 radical (unpaired) electrons. The van der Waals surface area contributed by atoms with Gasteiger partial charge in [-0.15, -0.1) is 0 Å². The normalized spacial score (nSPS) is 36.9. The maximum atomic E-state index is 8.61. The molecule has 2 heterocycles. The topological polar surface area (TPSA) is 44.6 Å². The van der Waals surface area contributed by atoms with Gasteiger partial charge in [0.25, 0.3) is 0 Å². The predicted octanol–water partition coefficient (Wildman–Crippen LogP) is 1.12. The summed E-state index contributed by atoms with van der Waals surface area (Å²) in [4.78, 5) is 0. The highest BCUT2D eigenvalue weighted by Crippen LogP contribution is 2.23. The minimum atomic E-state index is 0.591. The van der Waals surface area contributed by atoms with Gasteiger partial charge in [-0.2, -0.15) is 0 Å². The fourth-order valence-electron chi connectivity index (χ4n) is 2.17. The van der Waals surface area contributed by atoms with Crippen molar-refractivity contribution in [1.29, 1.82) is 0 Å². The molecule has 2 atom stereocenters. The maximum absolute atomic E-state index is 8.61. The molecule has 2 saturated heterocycles. The van der Waals surface area contributed by atoms with E-state index in [0.29, 0.717) is 12.1 Å². The molecule has 0 aromatic rings. The van der Waals surface area contributed by atoms with Crippen LogP contribution in [0.4, 0.5) is 0 Å². The quantitative estimate of drug-likeness (QED) is 0.405. The zero-order valence-electron chi connectivity index (χ0n) is 6.58. The van der Waals surface area contributed by atoms with E-state index in [2.05, 4.69) is 10.5 Å². The molecule has 0 amide bonds. The molecule has 3 nitrogen and oxygen atoms in total. The number of fused-ring (bicyclic) bond motifs is 2. The van der Waals surface area contributed by atoms with Gasteiger partial charge < -0.3 is 10.5 Å². The fraction of sp³-hybridized carbons (Fsp3) is 0.875. The van der Waals surface area contributed by atoms with Crippen LogP contribution in [0.5, 0.6) is 0 Å². The maximum Gasteiger partial charge on any atom is 0.0601 e. The van der Waals surface area contributed by atoms with Gasteiger partial charge in [0, 0.05) is 24.9 Å². The molecule has 3 heteroatoms. The average molecular weight is 154 g/mol. The average Bonchev–Trinajstić information content (AvgIpc) is 2.03. The zero-order valence-corrected chi connectivity index (χ0v) is 6.58. The molecule has 2 fully saturated rings. The third kappa shape index (κ3) is 1.38. The number of nitrogens with zero attached hydrogens (tertiary/aromatic N) is 1. The highest BCUT2D eigenvalue weighted by atomic mass is 16.4. The van der Waals surface area contributed by atoms with Gasteiger partial charge in [-0.05, 0) is 12.8 Å². The van der Waals surface area contributed by atoms with Gasteiger partial charge in [-0.25, -0.2) is 0 Å². The Balaban J connectivity index is 2.05. The van der Waals surface area contributed by atoms with Crippen molar-refractivity contribution in [3.8, 4) is 0 Å². The summed E-state index contributed by atoms with van der Waals surface area (Å²) < 4.78 is 0. The van der Waals surface area contributed by atoms with Crippen LogP contribution in [0.2, 0.25) is 0 Å². The summed E-state index contributed by atoms with van der Waals surface area (Å²) in [6.45, 7) is 0. The van der Waals surface area contributed by atoms with Crippen molar-refractivity contribution in [2.24, 2.45) is 5.16 Å². The molecule has 2 aliphatic rings. The lowest BCUT2D eigenvalue weighted by molar-refractivity contribution is 0.282. The second kappa shape index (κ2) is 2.81. The number of oxime groups is 1. The molecule has 2 bridgehead atoms. The van der Waals surface area contributed by atoms with Crippen molar-refractivity contribution >= 4 is 5.71 Å². The van der Waals surface area contributed by atoms with Crippen LogP contribution in [0, 0.1) is 0 Å². The summed E-state index contributed by atoms with van der Waals surface area (Å²) in [6.07, 6.45) is 5.73. The monoisotopic (exact) mass is 154 g/mol. The largest absolute Gasteiger partial charge is 0.411 e. The Morgan fingerprint density at radius 2 is 1.91 bits per heavy atom. The highest BCUT2D eigenvalue weighted by molar-refractivity contribution is 5.85. The summed E-state index contributed by atoms with van der Waals surface area (Å²) in [5, 5.41) is 15.4. The van der Waals surface area contributed by atoms with E-state index >= 15 is 0 Å². The summed E-state index contributed by atoms with van der Waals surface area (Å²) in [5.41, 5.74) is 0.985. The third-order valence-electron chi connectivity index (χ3n) is 2.68.